The zero-order valence-electron chi connectivity index (χ0n) is 10.9. The fraction of sp³-hybridized carbons (Fsp3) is 0.143. The van der Waals surface area contributed by atoms with E-state index in [1.54, 1.807) is 12.1 Å². The molecule has 0 aliphatic carbocycles. The van der Waals surface area contributed by atoms with Crippen molar-refractivity contribution < 1.29 is 12.6 Å². The van der Waals surface area contributed by atoms with Gasteiger partial charge >= 0.3 is 10.1 Å². The summed E-state index contributed by atoms with van der Waals surface area (Å²) in [5.74, 6) is 0.374. The Morgan fingerprint density at radius 1 is 1.00 bits per heavy atom. The smallest absolute Gasteiger partial charge is 0.340 e. The van der Waals surface area contributed by atoms with Crippen molar-refractivity contribution in [2.45, 2.75) is 18.7 Å². The molecule has 0 spiro atoms. The van der Waals surface area contributed by atoms with Crippen LogP contribution in [0.15, 0.2) is 50.2 Å². The molecule has 2 aromatic rings. The van der Waals surface area contributed by atoms with Gasteiger partial charge in [-0.05, 0) is 59.1 Å². The number of para-hydroxylation sites is 1. The van der Waals surface area contributed by atoms with Gasteiger partial charge in [0.2, 0.25) is 0 Å². The van der Waals surface area contributed by atoms with E-state index in [0.29, 0.717) is 14.7 Å². The van der Waals surface area contributed by atoms with Crippen molar-refractivity contribution in [3.8, 4) is 5.75 Å². The van der Waals surface area contributed by atoms with Gasteiger partial charge in [0, 0.05) is 8.95 Å². The van der Waals surface area contributed by atoms with Crippen molar-refractivity contribution in [1.82, 2.24) is 0 Å². The van der Waals surface area contributed by atoms with Crippen LogP contribution in [0.1, 0.15) is 11.1 Å². The molecule has 0 unspecified atom stereocenters. The summed E-state index contributed by atoms with van der Waals surface area (Å²) in [6.07, 6.45) is 0. The average Bonchev–Trinajstić information content (AvgIpc) is 2.37. The van der Waals surface area contributed by atoms with Crippen LogP contribution in [-0.2, 0) is 10.1 Å². The van der Waals surface area contributed by atoms with Crippen LogP contribution in [-0.4, -0.2) is 8.42 Å². The van der Waals surface area contributed by atoms with Crippen molar-refractivity contribution in [2.75, 3.05) is 0 Å². The Hall–Kier alpha value is -0.850. The maximum atomic E-state index is 12.4. The number of rotatable bonds is 3. The summed E-state index contributed by atoms with van der Waals surface area (Å²) in [4.78, 5) is 0.0922. The molecule has 3 nitrogen and oxygen atoms in total. The van der Waals surface area contributed by atoms with Crippen LogP contribution < -0.4 is 4.18 Å². The third-order valence-electron chi connectivity index (χ3n) is 2.76. The number of hydrogen-bond acceptors (Lipinski definition) is 3. The molecule has 0 bridgehead atoms. The Labute approximate surface area is 135 Å². The van der Waals surface area contributed by atoms with Gasteiger partial charge in [0.1, 0.15) is 10.6 Å². The van der Waals surface area contributed by atoms with Crippen LogP contribution in [0.5, 0.6) is 5.75 Å². The maximum Gasteiger partial charge on any atom is 0.340 e. The molecule has 20 heavy (non-hydrogen) atoms. The standard InChI is InChI=1S/C14H12Br2O3S/c1-9-4-3-5-10(2)14(9)19-20(17,18)13-8-11(15)6-7-12(13)16/h3-8H,1-2H3. The van der Waals surface area contributed by atoms with Crippen LogP contribution in [0.2, 0.25) is 0 Å². The van der Waals surface area contributed by atoms with Crippen LogP contribution in [0.3, 0.4) is 0 Å². The largest absolute Gasteiger partial charge is 0.378 e. The molecule has 0 amide bonds. The first kappa shape index (κ1) is 15.5. The number of halogens is 2. The lowest BCUT2D eigenvalue weighted by Crippen LogP contribution is -2.12. The summed E-state index contributed by atoms with van der Waals surface area (Å²) in [7, 11) is -3.89. The second-order valence-corrected chi connectivity index (χ2v) is 7.62. The molecule has 2 rings (SSSR count). The van der Waals surface area contributed by atoms with Crippen molar-refractivity contribution in [3.05, 3.63) is 56.5 Å². The minimum atomic E-state index is -3.89. The molecule has 0 aliphatic rings. The first-order chi connectivity index (χ1) is 9.31. The summed E-state index contributed by atoms with van der Waals surface area (Å²) in [5, 5.41) is 0. The van der Waals surface area contributed by atoms with E-state index in [1.165, 1.54) is 6.07 Å². The van der Waals surface area contributed by atoms with E-state index in [0.717, 1.165) is 11.1 Å². The number of aryl methyl sites for hydroxylation is 2. The topological polar surface area (TPSA) is 43.4 Å². The van der Waals surface area contributed by atoms with Gasteiger partial charge in [-0.3, -0.25) is 0 Å². The van der Waals surface area contributed by atoms with Gasteiger partial charge in [-0.15, -0.1) is 0 Å². The molecule has 0 aliphatic heterocycles. The van der Waals surface area contributed by atoms with Gasteiger partial charge in [0.15, 0.2) is 0 Å². The molecule has 0 atom stereocenters. The van der Waals surface area contributed by atoms with Crippen LogP contribution in [0, 0.1) is 13.8 Å². The molecule has 106 valence electrons. The zero-order valence-corrected chi connectivity index (χ0v) is 14.8. The minimum Gasteiger partial charge on any atom is -0.378 e. The van der Waals surface area contributed by atoms with Gasteiger partial charge in [0.05, 0.1) is 0 Å². The number of hydrogen-bond donors (Lipinski definition) is 0. The summed E-state index contributed by atoms with van der Waals surface area (Å²) >= 11 is 6.50. The third kappa shape index (κ3) is 3.24. The second-order valence-electron chi connectivity index (χ2n) is 4.33. The Morgan fingerprint density at radius 3 is 2.20 bits per heavy atom. The molecule has 0 N–H and O–H groups in total. The molecular formula is C14H12Br2O3S. The first-order valence-corrected chi connectivity index (χ1v) is 8.76. The molecule has 2 aromatic carbocycles. The van der Waals surface area contributed by atoms with Crippen molar-refractivity contribution in [3.63, 3.8) is 0 Å². The van der Waals surface area contributed by atoms with Crippen LogP contribution in [0.4, 0.5) is 0 Å². The molecule has 0 radical (unpaired) electrons. The predicted octanol–water partition coefficient (Wildman–Crippen LogP) is 4.60. The Balaban J connectivity index is 2.49. The monoisotopic (exact) mass is 418 g/mol. The first-order valence-electron chi connectivity index (χ1n) is 5.77. The third-order valence-corrected chi connectivity index (χ3v) is 5.47. The average molecular weight is 420 g/mol. The fourth-order valence-electron chi connectivity index (χ4n) is 1.75. The molecule has 0 saturated heterocycles. The maximum absolute atomic E-state index is 12.4. The van der Waals surface area contributed by atoms with E-state index in [9.17, 15) is 8.42 Å². The molecule has 0 heterocycles. The van der Waals surface area contributed by atoms with Crippen LogP contribution in [0.25, 0.3) is 0 Å². The van der Waals surface area contributed by atoms with Crippen molar-refractivity contribution >= 4 is 42.0 Å². The van der Waals surface area contributed by atoms with Gasteiger partial charge in [-0.1, -0.05) is 34.1 Å². The van der Waals surface area contributed by atoms with Gasteiger partial charge in [-0.25, -0.2) is 0 Å². The van der Waals surface area contributed by atoms with Gasteiger partial charge in [0.25, 0.3) is 0 Å². The number of benzene rings is 2. The SMILES string of the molecule is Cc1cccc(C)c1OS(=O)(=O)c1cc(Br)ccc1Br. The quantitative estimate of drug-likeness (QED) is 0.683. The molecule has 0 saturated carbocycles. The van der Waals surface area contributed by atoms with E-state index in [4.69, 9.17) is 4.18 Å². The Kier molecular flexibility index (Phi) is 4.56. The second kappa shape index (κ2) is 5.87. The van der Waals surface area contributed by atoms with Gasteiger partial charge < -0.3 is 4.18 Å². The molecule has 6 heteroatoms. The lowest BCUT2D eigenvalue weighted by atomic mass is 10.1. The lowest BCUT2D eigenvalue weighted by Gasteiger charge is -2.13. The summed E-state index contributed by atoms with van der Waals surface area (Å²) in [5.41, 5.74) is 1.55. The van der Waals surface area contributed by atoms with E-state index in [1.807, 2.05) is 32.0 Å². The van der Waals surface area contributed by atoms with E-state index in [-0.39, 0.29) is 4.90 Å². The summed E-state index contributed by atoms with van der Waals surface area (Å²) < 4.78 is 31.3. The lowest BCUT2D eigenvalue weighted by molar-refractivity contribution is 0.481. The fourth-order valence-corrected chi connectivity index (χ4v) is 4.26. The molecular weight excluding hydrogens is 408 g/mol. The van der Waals surface area contributed by atoms with Crippen molar-refractivity contribution in [1.29, 1.82) is 0 Å². The zero-order chi connectivity index (χ0) is 14.9. The van der Waals surface area contributed by atoms with E-state index in [2.05, 4.69) is 31.9 Å². The molecule has 0 aromatic heterocycles. The highest BCUT2D eigenvalue weighted by Gasteiger charge is 2.22. The normalized spacial score (nSPS) is 11.4. The highest BCUT2D eigenvalue weighted by molar-refractivity contribution is 9.11. The Morgan fingerprint density at radius 2 is 1.60 bits per heavy atom. The highest BCUT2D eigenvalue weighted by Crippen LogP contribution is 2.30. The highest BCUT2D eigenvalue weighted by atomic mass is 79.9. The van der Waals surface area contributed by atoms with Gasteiger partial charge in [-0.2, -0.15) is 8.42 Å². The van der Waals surface area contributed by atoms with E-state index < -0.39 is 10.1 Å². The van der Waals surface area contributed by atoms with Crippen molar-refractivity contribution in [2.24, 2.45) is 0 Å². The summed E-state index contributed by atoms with van der Waals surface area (Å²) in [6, 6.07) is 10.4. The predicted molar refractivity (Wildman–Crippen MR) is 85.6 cm³/mol. The summed E-state index contributed by atoms with van der Waals surface area (Å²) in [6.45, 7) is 3.63. The molecule has 0 fully saturated rings. The Bertz CT molecular complexity index is 735. The van der Waals surface area contributed by atoms with Crippen LogP contribution >= 0.6 is 31.9 Å². The van der Waals surface area contributed by atoms with E-state index >= 15 is 0 Å². The minimum absolute atomic E-state index is 0.0922.